The second kappa shape index (κ2) is 37.7. The monoisotopic (exact) mass is 759 g/mol. The molecule has 292 valence electrons. The molecule has 0 atom stereocenters. The van der Waals surface area contributed by atoms with Crippen molar-refractivity contribution in [3.63, 3.8) is 0 Å². The fourth-order valence-corrected chi connectivity index (χ4v) is 9.66. The fourth-order valence-electron chi connectivity index (χ4n) is 7.61. The molecule has 0 unspecified atom stereocenters. The van der Waals surface area contributed by atoms with Crippen molar-refractivity contribution in [3.05, 3.63) is 0 Å². The summed E-state index contributed by atoms with van der Waals surface area (Å²) in [7, 11) is 0. The molecular formula is C46H96BrP. The molecule has 0 amide bonds. The molecule has 0 aliphatic rings. The summed E-state index contributed by atoms with van der Waals surface area (Å²) in [6.07, 6.45) is 62.2. The Morgan fingerprint density at radius 1 is 0.229 bits per heavy atom. The van der Waals surface area contributed by atoms with Crippen LogP contribution in [0, 0.1) is 0 Å². The SMILES string of the molecule is CCCCCCCCCCCCCCCCCCCCCCCCCCCCCCCCCCCCCCCCCCCP(C)(C)(C)Br. The van der Waals surface area contributed by atoms with E-state index in [0.29, 0.717) is 0 Å². The van der Waals surface area contributed by atoms with Gasteiger partial charge in [-0.15, -0.1) is 0 Å². The third kappa shape index (κ3) is 46.9. The Balaban J connectivity index is 3.07. The van der Waals surface area contributed by atoms with Crippen molar-refractivity contribution in [2.75, 3.05) is 26.2 Å². The van der Waals surface area contributed by atoms with Gasteiger partial charge >= 0.3 is 118 Å². The van der Waals surface area contributed by atoms with Gasteiger partial charge in [0.15, 0.2) is 0 Å². The van der Waals surface area contributed by atoms with Gasteiger partial charge in [-0.25, -0.2) is 0 Å². The number of rotatable bonds is 42. The molecule has 0 saturated carbocycles. The average molecular weight is 760 g/mol. The molecular weight excluding hydrogens is 663 g/mol. The molecule has 0 bridgehead atoms. The molecule has 0 fully saturated rings. The summed E-state index contributed by atoms with van der Waals surface area (Å²) in [4.78, 5) is 0. The first kappa shape index (κ1) is 48.9. The van der Waals surface area contributed by atoms with E-state index >= 15 is 0 Å². The Bertz CT molecular complexity index is 583. The summed E-state index contributed by atoms with van der Waals surface area (Å²) in [5.41, 5.74) is 0. The average Bonchev–Trinajstić information content (AvgIpc) is 3.04. The molecule has 0 aliphatic carbocycles. The van der Waals surface area contributed by atoms with Gasteiger partial charge in [-0.1, -0.05) is 200 Å². The van der Waals surface area contributed by atoms with Gasteiger partial charge in [0.2, 0.25) is 0 Å². The maximum atomic E-state index is 3.99. The molecule has 0 heterocycles. The van der Waals surface area contributed by atoms with Crippen LogP contribution in [0.4, 0.5) is 0 Å². The molecule has 2 heteroatoms. The van der Waals surface area contributed by atoms with Gasteiger partial charge < -0.3 is 0 Å². The van der Waals surface area contributed by atoms with Crippen molar-refractivity contribution in [1.82, 2.24) is 0 Å². The van der Waals surface area contributed by atoms with Crippen molar-refractivity contribution >= 4 is 20.8 Å². The van der Waals surface area contributed by atoms with Gasteiger partial charge in [-0.05, 0) is 0 Å². The van der Waals surface area contributed by atoms with Crippen molar-refractivity contribution in [1.29, 1.82) is 0 Å². The van der Waals surface area contributed by atoms with Crippen LogP contribution >= 0.6 is 20.8 Å². The van der Waals surface area contributed by atoms with Gasteiger partial charge in [0.05, 0.1) is 0 Å². The fraction of sp³-hybridized carbons (Fsp3) is 1.00. The Morgan fingerprint density at radius 2 is 0.354 bits per heavy atom. The van der Waals surface area contributed by atoms with Crippen molar-refractivity contribution in [3.8, 4) is 0 Å². The van der Waals surface area contributed by atoms with E-state index in [2.05, 4.69) is 42.4 Å². The second-order valence-electron chi connectivity index (χ2n) is 17.8. The Morgan fingerprint density at radius 3 is 0.479 bits per heavy atom. The predicted octanol–water partition coefficient (Wildman–Crippen LogP) is 18.8. The summed E-state index contributed by atoms with van der Waals surface area (Å²) in [6.45, 7) is 9.64. The van der Waals surface area contributed by atoms with Crippen molar-refractivity contribution in [2.24, 2.45) is 0 Å². The number of hydrogen-bond donors (Lipinski definition) is 0. The van der Waals surface area contributed by atoms with Crippen LogP contribution in [0.3, 0.4) is 0 Å². The third-order valence-electron chi connectivity index (χ3n) is 11.0. The Hall–Kier alpha value is 0.910. The van der Waals surface area contributed by atoms with E-state index in [1.54, 1.807) is 0 Å². The molecule has 0 saturated heterocycles. The first-order chi connectivity index (χ1) is 23.3. The van der Waals surface area contributed by atoms with E-state index < -0.39 is 5.31 Å². The van der Waals surface area contributed by atoms with Crippen LogP contribution in [0.15, 0.2) is 0 Å². The molecule has 0 radical (unpaired) electrons. The predicted molar refractivity (Wildman–Crippen MR) is 233 cm³/mol. The van der Waals surface area contributed by atoms with Crippen LogP contribution < -0.4 is 0 Å². The molecule has 0 aromatic carbocycles. The second-order valence-corrected chi connectivity index (χ2v) is 32.0. The molecule has 0 rings (SSSR count). The molecule has 48 heavy (non-hydrogen) atoms. The summed E-state index contributed by atoms with van der Waals surface area (Å²) >= 11 is 3.99. The molecule has 0 aromatic heterocycles. The van der Waals surface area contributed by atoms with Crippen LogP contribution in [0.2, 0.25) is 0 Å². The summed E-state index contributed by atoms with van der Waals surface area (Å²) < 4.78 is 0. The molecule has 0 N–H and O–H groups in total. The van der Waals surface area contributed by atoms with Crippen molar-refractivity contribution < 1.29 is 0 Å². The van der Waals surface area contributed by atoms with Gasteiger partial charge in [-0.2, -0.15) is 0 Å². The van der Waals surface area contributed by atoms with E-state index in [1.165, 1.54) is 269 Å². The molecule has 0 aliphatic heterocycles. The zero-order valence-corrected chi connectivity index (χ0v) is 37.0. The standard InChI is InChI=1S/C46H96BrP/c1-5-6-7-8-9-10-11-12-13-14-15-16-17-18-19-20-21-22-23-24-25-26-27-28-29-30-31-32-33-34-35-36-37-38-39-40-41-42-43-44-45-46-48(2,3,4)47/h5-46H2,1-4H3. The van der Waals surface area contributed by atoms with Gasteiger partial charge in [-0.3, -0.25) is 0 Å². The quantitative estimate of drug-likeness (QED) is 0.0429. The topological polar surface area (TPSA) is 0 Å². The first-order valence-corrected chi connectivity index (χ1v) is 28.8. The van der Waals surface area contributed by atoms with Gasteiger partial charge in [0.25, 0.3) is 0 Å². The Kier molecular flexibility index (Phi) is 38.4. The third-order valence-corrected chi connectivity index (χ3v) is 13.9. The van der Waals surface area contributed by atoms with Gasteiger partial charge in [0.1, 0.15) is 0 Å². The van der Waals surface area contributed by atoms with Crippen LogP contribution in [0.25, 0.3) is 0 Å². The minimum atomic E-state index is -1.43. The minimum absolute atomic E-state index is 1.37. The van der Waals surface area contributed by atoms with Crippen LogP contribution in [0.5, 0.6) is 0 Å². The van der Waals surface area contributed by atoms with Gasteiger partial charge in [0, 0.05) is 0 Å². The number of unbranched alkanes of at least 4 members (excludes halogenated alkanes) is 40. The van der Waals surface area contributed by atoms with E-state index in [1.807, 2.05) is 0 Å². The number of halogens is 1. The van der Waals surface area contributed by atoms with Crippen molar-refractivity contribution in [2.45, 2.75) is 270 Å². The molecule has 0 aromatic rings. The molecule has 0 spiro atoms. The normalized spacial score (nSPS) is 12.9. The zero-order valence-electron chi connectivity index (χ0n) is 34.5. The summed E-state index contributed by atoms with van der Waals surface area (Å²) in [6, 6.07) is 0. The van der Waals surface area contributed by atoms with E-state index in [9.17, 15) is 0 Å². The van der Waals surface area contributed by atoms with E-state index in [4.69, 9.17) is 0 Å². The number of hydrogen-bond acceptors (Lipinski definition) is 0. The van der Waals surface area contributed by atoms with Crippen LogP contribution in [0.1, 0.15) is 270 Å². The van der Waals surface area contributed by atoms with E-state index in [0.717, 1.165) is 0 Å². The van der Waals surface area contributed by atoms with Crippen LogP contribution in [-0.4, -0.2) is 26.2 Å². The van der Waals surface area contributed by atoms with Crippen LogP contribution in [-0.2, 0) is 0 Å². The Labute approximate surface area is 315 Å². The summed E-state index contributed by atoms with van der Waals surface area (Å²) in [5.74, 6) is 0. The molecule has 0 nitrogen and oxygen atoms in total. The zero-order chi connectivity index (χ0) is 35.1. The van der Waals surface area contributed by atoms with E-state index in [-0.39, 0.29) is 0 Å². The maximum absolute atomic E-state index is 3.99. The summed E-state index contributed by atoms with van der Waals surface area (Å²) in [5, 5.41) is -1.43. The first-order valence-electron chi connectivity index (χ1n) is 23.0.